The molecule has 2 atom stereocenters. The Morgan fingerprint density at radius 1 is 1.33 bits per heavy atom. The number of aliphatic hydroxyl groups is 1. The summed E-state index contributed by atoms with van der Waals surface area (Å²) in [5.74, 6) is 0.891. The van der Waals surface area contributed by atoms with Crippen molar-refractivity contribution in [2.45, 2.75) is 31.4 Å². The number of fused-ring (bicyclic) bond motifs is 1. The minimum Gasteiger partial charge on any atom is -0.454 e. The molecule has 1 aromatic rings. The lowest BCUT2D eigenvalue weighted by molar-refractivity contribution is -0.385. The molecule has 1 saturated carbocycles. The maximum atomic E-state index is 11.2. The first-order valence-corrected chi connectivity index (χ1v) is 6.59. The normalized spacial score (nSPS) is 19.3. The number of benzene rings is 1. The molecule has 8 heteroatoms. The van der Waals surface area contributed by atoms with Gasteiger partial charge in [0.1, 0.15) is 0 Å². The van der Waals surface area contributed by atoms with Gasteiger partial charge in [-0.15, -0.1) is 12.4 Å². The molecule has 0 aromatic heterocycles. The molecule has 1 heterocycles. The van der Waals surface area contributed by atoms with E-state index in [1.54, 1.807) is 0 Å². The number of rotatable bonds is 4. The third-order valence-corrected chi connectivity index (χ3v) is 4.08. The molecule has 116 valence electrons. The Morgan fingerprint density at radius 3 is 2.48 bits per heavy atom. The minimum absolute atomic E-state index is 0. The van der Waals surface area contributed by atoms with Crippen LogP contribution in [-0.2, 0) is 0 Å². The lowest BCUT2D eigenvalue weighted by Crippen LogP contribution is -2.36. The van der Waals surface area contributed by atoms with E-state index >= 15 is 0 Å². The highest BCUT2D eigenvalue weighted by atomic mass is 35.5. The lowest BCUT2D eigenvalue weighted by atomic mass is 9.77. The van der Waals surface area contributed by atoms with Crippen LogP contribution in [0.4, 0.5) is 5.69 Å². The molecule has 0 saturated heterocycles. The van der Waals surface area contributed by atoms with E-state index in [2.05, 4.69) is 0 Å². The number of aliphatic hydroxyl groups excluding tert-OH is 1. The van der Waals surface area contributed by atoms with E-state index in [1.807, 2.05) is 0 Å². The van der Waals surface area contributed by atoms with Crippen molar-refractivity contribution in [1.82, 2.24) is 0 Å². The Balaban J connectivity index is 0.00000161. The van der Waals surface area contributed by atoms with Crippen LogP contribution in [0.15, 0.2) is 12.1 Å². The molecule has 21 heavy (non-hydrogen) atoms. The number of hydrogen-bond acceptors (Lipinski definition) is 6. The van der Waals surface area contributed by atoms with E-state index < -0.39 is 17.1 Å². The summed E-state index contributed by atoms with van der Waals surface area (Å²) < 4.78 is 10.4. The van der Waals surface area contributed by atoms with Gasteiger partial charge in [-0.2, -0.15) is 0 Å². The molecule has 0 unspecified atom stereocenters. The molecule has 1 fully saturated rings. The van der Waals surface area contributed by atoms with Gasteiger partial charge in [0.15, 0.2) is 11.5 Å². The van der Waals surface area contributed by atoms with Gasteiger partial charge in [0.25, 0.3) is 5.69 Å². The van der Waals surface area contributed by atoms with Crippen LogP contribution in [0, 0.1) is 16.0 Å². The molecule has 0 bridgehead atoms. The molecule has 1 aliphatic carbocycles. The number of hydrogen-bond donors (Lipinski definition) is 2. The van der Waals surface area contributed by atoms with Crippen LogP contribution in [0.2, 0.25) is 0 Å². The van der Waals surface area contributed by atoms with Gasteiger partial charge >= 0.3 is 0 Å². The maximum Gasteiger partial charge on any atom is 0.278 e. The van der Waals surface area contributed by atoms with Crippen LogP contribution in [0.1, 0.15) is 30.9 Å². The van der Waals surface area contributed by atoms with Gasteiger partial charge < -0.3 is 20.3 Å². The highest BCUT2D eigenvalue weighted by Crippen LogP contribution is 2.42. The molecule has 7 nitrogen and oxygen atoms in total. The molecule has 0 radical (unpaired) electrons. The summed E-state index contributed by atoms with van der Waals surface area (Å²) >= 11 is 0. The highest BCUT2D eigenvalue weighted by molar-refractivity contribution is 5.85. The van der Waals surface area contributed by atoms with Crippen LogP contribution in [0.3, 0.4) is 0 Å². The fourth-order valence-corrected chi connectivity index (χ4v) is 2.63. The van der Waals surface area contributed by atoms with Crippen molar-refractivity contribution in [2.75, 3.05) is 6.79 Å². The molecule has 1 aliphatic heterocycles. The van der Waals surface area contributed by atoms with Crippen LogP contribution >= 0.6 is 12.4 Å². The molecule has 3 rings (SSSR count). The summed E-state index contributed by atoms with van der Waals surface area (Å²) in [4.78, 5) is 10.7. The van der Waals surface area contributed by atoms with E-state index in [0.29, 0.717) is 17.1 Å². The predicted octanol–water partition coefficient (Wildman–Crippen LogP) is 1.91. The van der Waals surface area contributed by atoms with Gasteiger partial charge in [0.05, 0.1) is 28.7 Å². The van der Waals surface area contributed by atoms with Crippen LogP contribution < -0.4 is 15.2 Å². The van der Waals surface area contributed by atoms with Crippen molar-refractivity contribution in [3.63, 3.8) is 0 Å². The van der Waals surface area contributed by atoms with E-state index in [4.69, 9.17) is 15.2 Å². The fourth-order valence-electron chi connectivity index (χ4n) is 2.63. The summed E-state index contributed by atoms with van der Waals surface area (Å²) in [6.07, 6.45) is 2.11. The van der Waals surface area contributed by atoms with Crippen molar-refractivity contribution in [2.24, 2.45) is 11.7 Å². The first-order chi connectivity index (χ1) is 9.58. The average Bonchev–Trinajstić information content (AvgIpc) is 2.81. The molecule has 3 N–H and O–H groups in total. The Morgan fingerprint density at radius 2 is 1.95 bits per heavy atom. The summed E-state index contributed by atoms with van der Waals surface area (Å²) in [5.41, 5.74) is 6.18. The predicted molar refractivity (Wildman–Crippen MR) is 76.7 cm³/mol. The van der Waals surface area contributed by atoms with Crippen LogP contribution in [0.5, 0.6) is 11.5 Å². The van der Waals surface area contributed by atoms with Gasteiger partial charge in [-0.1, -0.05) is 6.42 Å². The van der Waals surface area contributed by atoms with Gasteiger partial charge in [-0.25, -0.2) is 0 Å². The monoisotopic (exact) mass is 316 g/mol. The molecule has 0 amide bonds. The third kappa shape index (κ3) is 2.76. The third-order valence-electron chi connectivity index (χ3n) is 4.08. The van der Waals surface area contributed by atoms with Gasteiger partial charge in [-0.05, 0) is 24.8 Å². The first kappa shape index (κ1) is 15.8. The summed E-state index contributed by atoms with van der Waals surface area (Å²) in [7, 11) is 0. The number of nitro benzene ring substituents is 1. The topological polar surface area (TPSA) is 108 Å². The second-order valence-corrected chi connectivity index (χ2v) is 5.23. The second-order valence-electron chi connectivity index (χ2n) is 5.23. The van der Waals surface area contributed by atoms with Gasteiger partial charge in [0.2, 0.25) is 6.79 Å². The largest absolute Gasteiger partial charge is 0.454 e. The zero-order valence-electron chi connectivity index (χ0n) is 11.2. The summed E-state index contributed by atoms with van der Waals surface area (Å²) in [6, 6.07) is 2.02. The summed E-state index contributed by atoms with van der Waals surface area (Å²) in [6.45, 7) is 0.0381. The standard InChI is InChI=1S/C13H16N2O5.ClH/c14-12(13(16)7-2-1-3-7)8-4-10-11(20-6-19-10)5-9(8)15(17)18;/h4-5,7,12-13,16H,1-3,6,14H2;1H/t12-,13+;/m0./s1. The highest BCUT2D eigenvalue weighted by Gasteiger charge is 2.35. The Bertz CT molecular complexity index is 550. The van der Waals surface area contributed by atoms with Crippen molar-refractivity contribution >= 4 is 18.1 Å². The zero-order valence-corrected chi connectivity index (χ0v) is 12.0. The van der Waals surface area contributed by atoms with E-state index in [1.165, 1.54) is 12.1 Å². The minimum atomic E-state index is -0.796. The van der Waals surface area contributed by atoms with Crippen molar-refractivity contribution in [3.8, 4) is 11.5 Å². The average molecular weight is 317 g/mol. The Labute approximate surface area is 127 Å². The maximum absolute atomic E-state index is 11.2. The van der Waals surface area contributed by atoms with Gasteiger partial charge in [-0.3, -0.25) is 10.1 Å². The first-order valence-electron chi connectivity index (χ1n) is 6.59. The number of nitrogens with two attached hydrogens (primary N) is 1. The molecular formula is C13H17ClN2O5. The number of ether oxygens (including phenoxy) is 2. The second kappa shape index (κ2) is 6.05. The van der Waals surface area contributed by atoms with Crippen molar-refractivity contribution < 1.29 is 19.5 Å². The van der Waals surface area contributed by atoms with Crippen molar-refractivity contribution in [1.29, 1.82) is 0 Å². The number of nitrogens with zero attached hydrogens (tertiary/aromatic N) is 1. The van der Waals surface area contributed by atoms with E-state index in [-0.39, 0.29) is 30.8 Å². The SMILES string of the molecule is Cl.N[C@@H](c1cc2c(cc1[N+](=O)[O-])OCO2)[C@H](O)C1CCC1. The number of halogens is 1. The van der Waals surface area contributed by atoms with Crippen molar-refractivity contribution in [3.05, 3.63) is 27.8 Å². The molecule has 0 spiro atoms. The zero-order chi connectivity index (χ0) is 14.3. The van der Waals surface area contributed by atoms with E-state index in [0.717, 1.165) is 19.3 Å². The number of nitro groups is 1. The molecule has 1 aromatic carbocycles. The lowest BCUT2D eigenvalue weighted by Gasteiger charge is -2.33. The van der Waals surface area contributed by atoms with Crippen LogP contribution in [-0.4, -0.2) is 22.9 Å². The van der Waals surface area contributed by atoms with Crippen LogP contribution in [0.25, 0.3) is 0 Å². The Kier molecular flexibility index (Phi) is 4.55. The quantitative estimate of drug-likeness (QED) is 0.649. The summed E-state index contributed by atoms with van der Waals surface area (Å²) in [5, 5.41) is 21.4. The molecular weight excluding hydrogens is 300 g/mol. The Hall–Kier alpha value is -1.57. The fraction of sp³-hybridized carbons (Fsp3) is 0.538. The molecule has 2 aliphatic rings. The van der Waals surface area contributed by atoms with E-state index in [9.17, 15) is 15.2 Å². The smallest absolute Gasteiger partial charge is 0.278 e. The van der Waals surface area contributed by atoms with Gasteiger partial charge in [0, 0.05) is 0 Å².